The van der Waals surface area contributed by atoms with Gasteiger partial charge in [-0.1, -0.05) is 31.2 Å². The molecule has 1 saturated heterocycles. The predicted molar refractivity (Wildman–Crippen MR) is 88.7 cm³/mol. The van der Waals surface area contributed by atoms with E-state index in [1.165, 1.54) is 11.1 Å². The Morgan fingerprint density at radius 2 is 1.91 bits per heavy atom. The average Bonchev–Trinajstić information content (AvgIpc) is 2.72. The third-order valence-corrected chi connectivity index (χ3v) is 6.01. The van der Waals surface area contributed by atoms with Gasteiger partial charge in [-0.3, -0.25) is 0 Å². The van der Waals surface area contributed by atoms with E-state index in [9.17, 15) is 13.5 Å². The highest BCUT2D eigenvalue weighted by Gasteiger charge is 2.36. The molecule has 1 aromatic carbocycles. The minimum Gasteiger partial charge on any atom is -0.390 e. The van der Waals surface area contributed by atoms with Crippen LogP contribution in [0.15, 0.2) is 24.3 Å². The summed E-state index contributed by atoms with van der Waals surface area (Å²) in [6.45, 7) is 2.73. The Morgan fingerprint density at radius 3 is 2.36 bits per heavy atom. The zero-order valence-corrected chi connectivity index (χ0v) is 14.3. The molecule has 1 aromatic rings. The molecule has 0 radical (unpaired) electrons. The molecule has 0 aliphatic carbocycles. The van der Waals surface area contributed by atoms with E-state index in [0.29, 0.717) is 6.54 Å². The van der Waals surface area contributed by atoms with Crippen LogP contribution in [-0.4, -0.2) is 62.7 Å². The van der Waals surface area contributed by atoms with E-state index in [1.807, 2.05) is 14.1 Å². The number of aliphatic hydroxyl groups excluding tert-OH is 1. The first-order valence-electron chi connectivity index (χ1n) is 7.69. The Kier molecular flexibility index (Phi) is 5.60. The lowest BCUT2D eigenvalue weighted by molar-refractivity contribution is 0.159. The molecule has 0 unspecified atom stereocenters. The average molecular weight is 326 g/mol. The number of hydrogen-bond donors (Lipinski definition) is 2. The highest BCUT2D eigenvalue weighted by Crippen LogP contribution is 2.20. The van der Waals surface area contributed by atoms with Gasteiger partial charge in [0.2, 0.25) is 0 Å². The molecule has 0 bridgehead atoms. The Hall–Kier alpha value is -0.950. The van der Waals surface area contributed by atoms with Gasteiger partial charge in [-0.05, 0) is 31.6 Å². The van der Waals surface area contributed by atoms with Gasteiger partial charge in [0.15, 0.2) is 9.84 Å². The van der Waals surface area contributed by atoms with Gasteiger partial charge < -0.3 is 15.3 Å². The summed E-state index contributed by atoms with van der Waals surface area (Å²) in [7, 11) is 0.891. The van der Waals surface area contributed by atoms with Crippen molar-refractivity contribution in [1.29, 1.82) is 0 Å². The summed E-state index contributed by atoms with van der Waals surface area (Å²) in [5, 5.41) is 13.1. The van der Waals surface area contributed by atoms with Crippen LogP contribution in [0.3, 0.4) is 0 Å². The first-order chi connectivity index (χ1) is 10.3. The standard InChI is InChI=1S/C16H26N2O3S/c1-4-12-5-7-13(8-6-12)15(18(2)3)9-17-14-10-22(20,21)11-16(14)19/h5-8,14-17,19H,4,9-11H2,1-3H3/t14-,15+,16+/m1/s1. The Morgan fingerprint density at radius 1 is 1.27 bits per heavy atom. The lowest BCUT2D eigenvalue weighted by Gasteiger charge is -2.27. The van der Waals surface area contributed by atoms with Crippen LogP contribution in [0.1, 0.15) is 24.1 Å². The molecule has 1 fully saturated rings. The van der Waals surface area contributed by atoms with Crippen LogP contribution in [0.25, 0.3) is 0 Å². The van der Waals surface area contributed by atoms with Gasteiger partial charge in [-0.15, -0.1) is 0 Å². The van der Waals surface area contributed by atoms with Crippen LogP contribution in [0.5, 0.6) is 0 Å². The van der Waals surface area contributed by atoms with Crippen LogP contribution in [0, 0.1) is 0 Å². The molecule has 3 atom stereocenters. The third kappa shape index (κ3) is 4.29. The number of aryl methyl sites for hydroxylation is 1. The van der Waals surface area contributed by atoms with E-state index in [4.69, 9.17) is 0 Å². The fourth-order valence-corrected chi connectivity index (χ4v) is 4.64. The molecule has 0 spiro atoms. The van der Waals surface area contributed by atoms with Gasteiger partial charge in [-0.2, -0.15) is 0 Å². The first-order valence-corrected chi connectivity index (χ1v) is 9.51. The molecule has 2 rings (SSSR count). The maximum atomic E-state index is 11.6. The van der Waals surface area contributed by atoms with Gasteiger partial charge in [-0.25, -0.2) is 8.42 Å². The van der Waals surface area contributed by atoms with E-state index in [2.05, 4.69) is 41.4 Å². The van der Waals surface area contributed by atoms with E-state index in [0.717, 1.165) is 6.42 Å². The summed E-state index contributed by atoms with van der Waals surface area (Å²) in [6, 6.07) is 8.25. The van der Waals surface area contributed by atoms with Gasteiger partial charge >= 0.3 is 0 Å². The minimum absolute atomic E-state index is 0.0170. The Labute approximate surface area is 133 Å². The predicted octanol–water partition coefficient (Wildman–Crippen LogP) is 0.599. The molecule has 22 heavy (non-hydrogen) atoms. The summed E-state index contributed by atoms with van der Waals surface area (Å²) < 4.78 is 23.1. The van der Waals surface area contributed by atoms with Gasteiger partial charge in [0.05, 0.1) is 17.6 Å². The summed E-state index contributed by atoms with van der Waals surface area (Å²) in [5.41, 5.74) is 2.48. The van der Waals surface area contributed by atoms with E-state index >= 15 is 0 Å². The molecular weight excluding hydrogens is 300 g/mol. The van der Waals surface area contributed by atoms with Crippen LogP contribution < -0.4 is 5.32 Å². The number of rotatable bonds is 6. The zero-order chi connectivity index (χ0) is 16.3. The number of nitrogens with zero attached hydrogens (tertiary/aromatic N) is 1. The number of aliphatic hydroxyl groups is 1. The molecule has 5 nitrogen and oxygen atoms in total. The second-order valence-corrected chi connectivity index (χ2v) is 8.39. The minimum atomic E-state index is -3.11. The van der Waals surface area contributed by atoms with Gasteiger partial charge in [0, 0.05) is 18.6 Å². The molecule has 1 aliphatic rings. The fraction of sp³-hybridized carbons (Fsp3) is 0.625. The molecular formula is C16H26N2O3S. The van der Waals surface area contributed by atoms with Crippen molar-refractivity contribution >= 4 is 9.84 Å². The van der Waals surface area contributed by atoms with Crippen LogP contribution in [0.4, 0.5) is 0 Å². The fourth-order valence-electron chi connectivity index (χ4n) is 2.86. The summed E-state index contributed by atoms with van der Waals surface area (Å²) >= 11 is 0. The molecule has 1 aliphatic heterocycles. The van der Waals surface area contributed by atoms with Gasteiger partial charge in [0.1, 0.15) is 0 Å². The van der Waals surface area contributed by atoms with Gasteiger partial charge in [0.25, 0.3) is 0 Å². The number of sulfone groups is 1. The van der Waals surface area contributed by atoms with Crippen LogP contribution in [0.2, 0.25) is 0 Å². The largest absolute Gasteiger partial charge is 0.390 e. The number of likely N-dealkylation sites (N-methyl/N-ethyl adjacent to an activating group) is 1. The molecule has 124 valence electrons. The highest BCUT2D eigenvalue weighted by molar-refractivity contribution is 7.91. The SMILES string of the molecule is CCc1ccc([C@H](CN[C@@H]2CS(=O)(=O)C[C@@H]2O)N(C)C)cc1. The molecule has 0 aromatic heterocycles. The van der Waals surface area contributed by atoms with E-state index < -0.39 is 15.9 Å². The van der Waals surface area contributed by atoms with Crippen molar-refractivity contribution in [2.45, 2.75) is 31.5 Å². The second kappa shape index (κ2) is 7.08. The van der Waals surface area contributed by atoms with Crippen LogP contribution in [-0.2, 0) is 16.3 Å². The Balaban J connectivity index is 2.03. The van der Waals surface area contributed by atoms with Crippen molar-refractivity contribution in [3.8, 4) is 0 Å². The zero-order valence-electron chi connectivity index (χ0n) is 13.5. The van der Waals surface area contributed by atoms with E-state index in [1.54, 1.807) is 0 Å². The van der Waals surface area contributed by atoms with Crippen molar-refractivity contribution in [3.63, 3.8) is 0 Å². The highest BCUT2D eigenvalue weighted by atomic mass is 32.2. The van der Waals surface area contributed by atoms with E-state index in [-0.39, 0.29) is 23.6 Å². The number of hydrogen-bond acceptors (Lipinski definition) is 5. The number of nitrogens with one attached hydrogen (secondary N) is 1. The quantitative estimate of drug-likeness (QED) is 0.801. The smallest absolute Gasteiger partial charge is 0.154 e. The third-order valence-electron chi connectivity index (χ3n) is 4.29. The summed E-state index contributed by atoms with van der Waals surface area (Å²) in [5.74, 6) is -0.119. The summed E-state index contributed by atoms with van der Waals surface area (Å²) in [4.78, 5) is 2.10. The molecule has 6 heteroatoms. The van der Waals surface area contributed by atoms with Crippen LogP contribution >= 0.6 is 0 Å². The molecule has 0 amide bonds. The van der Waals surface area contributed by atoms with Crippen molar-refractivity contribution in [2.75, 3.05) is 32.1 Å². The van der Waals surface area contributed by atoms with Crippen molar-refractivity contribution in [3.05, 3.63) is 35.4 Å². The Bertz CT molecular complexity index is 584. The number of benzene rings is 1. The maximum Gasteiger partial charge on any atom is 0.154 e. The van der Waals surface area contributed by atoms with Crippen molar-refractivity contribution < 1.29 is 13.5 Å². The van der Waals surface area contributed by atoms with Crippen molar-refractivity contribution in [1.82, 2.24) is 10.2 Å². The first kappa shape index (κ1) is 17.4. The topological polar surface area (TPSA) is 69.6 Å². The monoisotopic (exact) mass is 326 g/mol. The lowest BCUT2D eigenvalue weighted by Crippen LogP contribution is -2.43. The normalized spacial score (nSPS) is 25.5. The molecule has 2 N–H and O–H groups in total. The summed E-state index contributed by atoms with van der Waals surface area (Å²) in [6.07, 6.45) is 0.201. The molecule has 0 saturated carbocycles. The lowest BCUT2D eigenvalue weighted by atomic mass is 10.0. The maximum absolute atomic E-state index is 11.6. The molecule has 1 heterocycles. The second-order valence-electron chi connectivity index (χ2n) is 6.23. The van der Waals surface area contributed by atoms with Crippen molar-refractivity contribution in [2.24, 2.45) is 0 Å².